The maximum Gasteiger partial charge on any atom is 0.267 e. The van der Waals surface area contributed by atoms with Crippen molar-refractivity contribution in [1.82, 2.24) is 9.88 Å². The summed E-state index contributed by atoms with van der Waals surface area (Å²) in [6, 6.07) is 13.9. The Hall–Kier alpha value is -2.80. The highest BCUT2D eigenvalue weighted by atomic mass is 32.1. The molecule has 5 rings (SSSR count). The minimum absolute atomic E-state index is 0.00304. The summed E-state index contributed by atoms with van der Waals surface area (Å²) in [5.74, 6) is 1.33. The van der Waals surface area contributed by atoms with Gasteiger partial charge in [0.1, 0.15) is 6.61 Å². The van der Waals surface area contributed by atoms with Gasteiger partial charge in [0.15, 0.2) is 16.6 Å². The van der Waals surface area contributed by atoms with E-state index in [-0.39, 0.29) is 12.5 Å². The van der Waals surface area contributed by atoms with Crippen LogP contribution < -0.4 is 14.4 Å². The molecule has 7 heteroatoms. The first kappa shape index (κ1) is 18.2. The highest BCUT2D eigenvalue weighted by Gasteiger charge is 2.33. The zero-order chi connectivity index (χ0) is 19.8. The number of piperazine rings is 1. The normalized spacial score (nSPS) is 18.9. The van der Waals surface area contributed by atoms with Crippen LogP contribution in [-0.2, 0) is 11.2 Å². The summed E-state index contributed by atoms with van der Waals surface area (Å²) in [5, 5.41) is 1.04. The number of rotatable bonds is 3. The molecule has 0 spiro atoms. The minimum Gasteiger partial charge on any atom is -0.485 e. The van der Waals surface area contributed by atoms with Crippen LogP contribution in [0.3, 0.4) is 0 Å². The smallest absolute Gasteiger partial charge is 0.267 e. The van der Waals surface area contributed by atoms with E-state index in [9.17, 15) is 4.79 Å². The lowest BCUT2D eigenvalue weighted by Gasteiger charge is -2.37. The third-order valence-corrected chi connectivity index (χ3v) is 6.60. The predicted octanol–water partition coefficient (Wildman–Crippen LogP) is 3.35. The summed E-state index contributed by atoms with van der Waals surface area (Å²) in [6.45, 7) is 5.30. The van der Waals surface area contributed by atoms with Crippen LogP contribution in [0.25, 0.3) is 10.2 Å². The maximum atomic E-state index is 12.9. The van der Waals surface area contributed by atoms with Gasteiger partial charge in [-0.3, -0.25) is 4.79 Å². The zero-order valence-corrected chi connectivity index (χ0v) is 17.2. The topological polar surface area (TPSA) is 54.9 Å². The van der Waals surface area contributed by atoms with Gasteiger partial charge >= 0.3 is 0 Å². The van der Waals surface area contributed by atoms with Crippen molar-refractivity contribution in [1.29, 1.82) is 0 Å². The molecule has 0 aliphatic carbocycles. The van der Waals surface area contributed by atoms with Crippen molar-refractivity contribution < 1.29 is 14.3 Å². The van der Waals surface area contributed by atoms with Crippen LogP contribution in [0.5, 0.6) is 11.5 Å². The lowest BCUT2D eigenvalue weighted by Crippen LogP contribution is -2.54. The third kappa shape index (κ3) is 3.40. The molecule has 1 fully saturated rings. The van der Waals surface area contributed by atoms with Crippen molar-refractivity contribution in [2.24, 2.45) is 0 Å². The molecule has 29 heavy (non-hydrogen) atoms. The van der Waals surface area contributed by atoms with Gasteiger partial charge in [-0.05, 0) is 30.2 Å². The molecule has 150 valence electrons. The number of hydrogen-bond acceptors (Lipinski definition) is 6. The van der Waals surface area contributed by atoms with Crippen molar-refractivity contribution in [2.45, 2.75) is 19.4 Å². The number of nitrogens with zero attached hydrogens (tertiary/aromatic N) is 3. The summed E-state index contributed by atoms with van der Waals surface area (Å²) < 4.78 is 12.8. The summed E-state index contributed by atoms with van der Waals surface area (Å²) in [6.07, 6.45) is 0.404. The number of carbonyl (C=O) groups is 1. The SMILES string of the molecule is CCc1cccc2sc(N3CCN(C(=O)[C@H]4COc5ccccc5O4)CC3)nc12. The fraction of sp³-hybridized carbons (Fsp3) is 0.364. The first-order valence-corrected chi connectivity index (χ1v) is 10.8. The summed E-state index contributed by atoms with van der Waals surface area (Å²) in [4.78, 5) is 22.0. The largest absolute Gasteiger partial charge is 0.485 e. The van der Waals surface area contributed by atoms with Crippen LogP contribution in [0.4, 0.5) is 5.13 Å². The number of ether oxygens (including phenoxy) is 2. The van der Waals surface area contributed by atoms with Crippen molar-refractivity contribution in [3.8, 4) is 11.5 Å². The van der Waals surface area contributed by atoms with E-state index in [0.717, 1.165) is 30.2 Å². The Balaban J connectivity index is 1.24. The van der Waals surface area contributed by atoms with Crippen molar-refractivity contribution in [3.05, 3.63) is 48.0 Å². The zero-order valence-electron chi connectivity index (χ0n) is 16.3. The number of aromatic nitrogens is 1. The van der Waals surface area contributed by atoms with E-state index in [1.165, 1.54) is 10.3 Å². The standard InChI is InChI=1S/C22H23N3O3S/c1-2-15-6-5-9-19-20(15)23-22(29-19)25-12-10-24(11-13-25)21(26)18-14-27-16-7-3-4-8-17(16)28-18/h3-9,18H,2,10-14H2,1H3/t18-/m1/s1. The fourth-order valence-corrected chi connectivity index (χ4v) is 4.94. The second-order valence-corrected chi connectivity index (χ2v) is 8.30. The van der Waals surface area contributed by atoms with Crippen molar-refractivity contribution in [2.75, 3.05) is 37.7 Å². The molecule has 1 amide bonds. The lowest BCUT2D eigenvalue weighted by atomic mass is 10.1. The third-order valence-electron chi connectivity index (χ3n) is 5.52. The van der Waals surface area contributed by atoms with E-state index >= 15 is 0 Å². The van der Waals surface area contributed by atoms with Crippen LogP contribution in [0.1, 0.15) is 12.5 Å². The second kappa shape index (κ2) is 7.55. The van der Waals surface area contributed by atoms with E-state index in [1.54, 1.807) is 11.3 Å². The second-order valence-electron chi connectivity index (χ2n) is 7.29. The molecule has 0 saturated carbocycles. The van der Waals surface area contributed by atoms with Gasteiger partial charge in [0.25, 0.3) is 5.91 Å². The molecule has 1 saturated heterocycles. The molecule has 6 nitrogen and oxygen atoms in total. The van der Waals surface area contributed by atoms with Crippen molar-refractivity contribution >= 4 is 32.6 Å². The summed E-state index contributed by atoms with van der Waals surface area (Å²) in [5.41, 5.74) is 2.40. The predicted molar refractivity (Wildman–Crippen MR) is 114 cm³/mol. The highest BCUT2D eigenvalue weighted by Crippen LogP contribution is 2.33. The number of anilines is 1. The number of para-hydroxylation sites is 3. The molecule has 2 aliphatic heterocycles. The van der Waals surface area contributed by atoms with Crippen LogP contribution in [-0.4, -0.2) is 54.7 Å². The van der Waals surface area contributed by atoms with Gasteiger partial charge in [0, 0.05) is 26.2 Å². The van der Waals surface area contributed by atoms with E-state index in [1.807, 2.05) is 29.2 Å². The number of aryl methyl sites for hydroxylation is 1. The Kier molecular flexibility index (Phi) is 4.75. The molecule has 1 aromatic heterocycles. The van der Waals surface area contributed by atoms with Gasteiger partial charge in [-0.1, -0.05) is 42.5 Å². The molecule has 0 bridgehead atoms. The Labute approximate surface area is 173 Å². The molecule has 0 N–H and O–H groups in total. The minimum atomic E-state index is -0.578. The van der Waals surface area contributed by atoms with Crippen LogP contribution >= 0.6 is 11.3 Å². The molecular formula is C22H23N3O3S. The van der Waals surface area contributed by atoms with E-state index in [0.29, 0.717) is 24.6 Å². The maximum absolute atomic E-state index is 12.9. The first-order valence-electron chi connectivity index (χ1n) is 10.0. The molecular weight excluding hydrogens is 386 g/mol. The molecule has 3 heterocycles. The van der Waals surface area contributed by atoms with Crippen LogP contribution in [0.15, 0.2) is 42.5 Å². The molecule has 3 aromatic rings. The van der Waals surface area contributed by atoms with Crippen molar-refractivity contribution in [3.63, 3.8) is 0 Å². The Morgan fingerprint density at radius 2 is 1.90 bits per heavy atom. The molecule has 2 aromatic carbocycles. The summed E-state index contributed by atoms with van der Waals surface area (Å²) >= 11 is 1.73. The number of benzene rings is 2. The number of thiazole rings is 1. The van der Waals surface area contributed by atoms with E-state index in [2.05, 4.69) is 30.0 Å². The quantitative estimate of drug-likeness (QED) is 0.664. The van der Waals surface area contributed by atoms with Crippen LogP contribution in [0.2, 0.25) is 0 Å². The molecule has 1 atom stereocenters. The lowest BCUT2D eigenvalue weighted by molar-refractivity contribution is -0.141. The summed E-state index contributed by atoms with van der Waals surface area (Å²) in [7, 11) is 0. The molecule has 2 aliphatic rings. The first-order chi connectivity index (χ1) is 14.2. The Morgan fingerprint density at radius 3 is 2.69 bits per heavy atom. The Bertz CT molecular complexity index is 1040. The number of carbonyl (C=O) groups excluding carboxylic acids is 1. The molecule has 0 radical (unpaired) electrons. The highest BCUT2D eigenvalue weighted by molar-refractivity contribution is 7.22. The number of hydrogen-bond donors (Lipinski definition) is 0. The van der Waals surface area contributed by atoms with Gasteiger partial charge in [-0.25, -0.2) is 4.98 Å². The average Bonchev–Trinajstić information content (AvgIpc) is 3.23. The van der Waals surface area contributed by atoms with E-state index < -0.39 is 6.10 Å². The Morgan fingerprint density at radius 1 is 1.10 bits per heavy atom. The number of fused-ring (bicyclic) bond motifs is 2. The monoisotopic (exact) mass is 409 g/mol. The van der Waals surface area contributed by atoms with Gasteiger partial charge in [0.2, 0.25) is 6.10 Å². The fourth-order valence-electron chi connectivity index (χ4n) is 3.88. The van der Waals surface area contributed by atoms with Gasteiger partial charge in [0.05, 0.1) is 10.2 Å². The van der Waals surface area contributed by atoms with Gasteiger partial charge in [-0.15, -0.1) is 0 Å². The number of amides is 1. The van der Waals surface area contributed by atoms with Gasteiger partial charge in [-0.2, -0.15) is 0 Å². The molecule has 0 unspecified atom stereocenters. The average molecular weight is 410 g/mol. The van der Waals surface area contributed by atoms with Gasteiger partial charge < -0.3 is 19.3 Å². The van der Waals surface area contributed by atoms with E-state index in [4.69, 9.17) is 14.5 Å². The van der Waals surface area contributed by atoms with Crippen LogP contribution in [0, 0.1) is 0 Å².